The number of azide groups is 1. The van der Waals surface area contributed by atoms with Crippen LogP contribution >= 0.6 is 0 Å². The Morgan fingerprint density at radius 3 is 2.31 bits per heavy atom. The molecular weight excluding hydrogens is 194 g/mol. The van der Waals surface area contributed by atoms with Crippen LogP contribution in [0.5, 0.6) is 5.75 Å². The Hall–Kier alpha value is -1.72. The van der Waals surface area contributed by atoms with Gasteiger partial charge < -0.3 is 5.11 Å². The number of rotatable bonds is 2. The van der Waals surface area contributed by atoms with Gasteiger partial charge in [-0.2, -0.15) is 0 Å². The highest BCUT2D eigenvalue weighted by Crippen LogP contribution is 2.16. The molecule has 1 N–H and O–H groups in total. The van der Waals surface area contributed by atoms with Gasteiger partial charge in [-0.25, -0.2) is 8.42 Å². The van der Waals surface area contributed by atoms with Crippen molar-refractivity contribution in [3.63, 3.8) is 0 Å². The smallest absolute Gasteiger partial charge is 0.264 e. The molecule has 7 heteroatoms. The number of phenols is 1. The topological polar surface area (TPSA) is 103 Å². The van der Waals surface area contributed by atoms with E-state index in [4.69, 9.17) is 10.6 Å². The zero-order valence-corrected chi connectivity index (χ0v) is 7.14. The van der Waals surface area contributed by atoms with Gasteiger partial charge in [-0.1, -0.05) is 0 Å². The molecule has 1 rings (SSSR count). The van der Waals surface area contributed by atoms with Crippen molar-refractivity contribution in [2.75, 3.05) is 0 Å². The first kappa shape index (κ1) is 9.37. The Bertz CT molecular complexity index is 445. The van der Waals surface area contributed by atoms with Crippen molar-refractivity contribution in [3.8, 4) is 5.75 Å². The summed E-state index contributed by atoms with van der Waals surface area (Å²) in [5.41, 5.74) is 7.95. The second kappa shape index (κ2) is 3.34. The van der Waals surface area contributed by atoms with Gasteiger partial charge in [0.15, 0.2) is 0 Å². The van der Waals surface area contributed by atoms with Crippen LogP contribution in [0.25, 0.3) is 10.4 Å². The second-order valence-corrected chi connectivity index (χ2v) is 3.72. The van der Waals surface area contributed by atoms with E-state index in [2.05, 4.69) is 9.43 Å². The fourth-order valence-electron chi connectivity index (χ4n) is 0.713. The first-order valence-electron chi connectivity index (χ1n) is 3.17. The third-order valence-corrected chi connectivity index (χ3v) is 2.43. The lowest BCUT2D eigenvalue weighted by molar-refractivity contribution is 0.475. The van der Waals surface area contributed by atoms with E-state index in [1.165, 1.54) is 12.1 Å². The molecule has 0 unspecified atom stereocenters. The molecule has 0 aromatic heterocycles. The number of hydrogen-bond acceptors (Lipinski definition) is 3. The van der Waals surface area contributed by atoms with Gasteiger partial charge in [0.2, 0.25) is 0 Å². The Labute approximate surface area is 74.1 Å². The summed E-state index contributed by atoms with van der Waals surface area (Å²) in [6.45, 7) is 0. The van der Waals surface area contributed by atoms with Crippen LogP contribution in [-0.2, 0) is 10.0 Å². The van der Waals surface area contributed by atoms with E-state index >= 15 is 0 Å². The number of phenolic OH excluding ortho intramolecular Hbond substituents is 1. The SMILES string of the molecule is [N-]=[N+]=NS(=O)(=O)c1ccc(O)cc1. The van der Waals surface area contributed by atoms with Crippen molar-refractivity contribution in [3.05, 3.63) is 34.7 Å². The number of sulfonamides is 1. The van der Waals surface area contributed by atoms with E-state index in [9.17, 15) is 8.42 Å². The zero-order valence-electron chi connectivity index (χ0n) is 6.32. The summed E-state index contributed by atoms with van der Waals surface area (Å²) < 4.78 is 24.7. The lowest BCUT2D eigenvalue weighted by Crippen LogP contribution is -1.93. The largest absolute Gasteiger partial charge is 0.508 e. The first-order chi connectivity index (χ1) is 6.06. The standard InChI is InChI=1S/C6H5N3O3S/c7-8-9-13(11,12)6-3-1-5(10)2-4-6/h1-4,10H. The molecule has 0 bridgehead atoms. The van der Waals surface area contributed by atoms with Gasteiger partial charge in [0.25, 0.3) is 10.0 Å². The van der Waals surface area contributed by atoms with Crippen LogP contribution in [0.15, 0.2) is 33.7 Å². The third kappa shape index (κ3) is 2.11. The Morgan fingerprint density at radius 2 is 1.85 bits per heavy atom. The average molecular weight is 199 g/mol. The first-order valence-corrected chi connectivity index (χ1v) is 4.61. The van der Waals surface area contributed by atoms with E-state index in [-0.39, 0.29) is 10.6 Å². The summed E-state index contributed by atoms with van der Waals surface area (Å²) in [6.07, 6.45) is 0. The monoisotopic (exact) mass is 199 g/mol. The molecule has 1 aromatic rings. The van der Waals surface area contributed by atoms with E-state index in [0.717, 1.165) is 12.1 Å². The maximum absolute atomic E-state index is 11.0. The van der Waals surface area contributed by atoms with Crippen LogP contribution < -0.4 is 0 Å². The molecule has 0 aliphatic rings. The Kier molecular flexibility index (Phi) is 2.41. The second-order valence-electron chi connectivity index (χ2n) is 2.14. The van der Waals surface area contributed by atoms with Crippen molar-refractivity contribution < 1.29 is 13.5 Å². The third-order valence-electron chi connectivity index (χ3n) is 1.28. The molecule has 0 amide bonds. The van der Waals surface area contributed by atoms with Gasteiger partial charge in [-0.3, -0.25) is 0 Å². The lowest BCUT2D eigenvalue weighted by atomic mass is 10.3. The molecule has 6 nitrogen and oxygen atoms in total. The zero-order chi connectivity index (χ0) is 9.90. The van der Waals surface area contributed by atoms with E-state index in [0.29, 0.717) is 0 Å². The Morgan fingerprint density at radius 1 is 1.31 bits per heavy atom. The minimum atomic E-state index is -3.93. The summed E-state index contributed by atoms with van der Waals surface area (Å²) in [5.74, 6) is -0.0557. The summed E-state index contributed by atoms with van der Waals surface area (Å²) >= 11 is 0. The van der Waals surface area contributed by atoms with Crippen molar-refractivity contribution >= 4 is 10.0 Å². The van der Waals surface area contributed by atoms with Crippen LogP contribution in [0.4, 0.5) is 0 Å². The Balaban J connectivity index is 3.24. The molecule has 0 spiro atoms. The van der Waals surface area contributed by atoms with Gasteiger partial charge in [0.1, 0.15) is 5.75 Å². The normalized spacial score (nSPS) is 10.5. The summed E-state index contributed by atoms with van der Waals surface area (Å²) in [7, 11) is -3.93. The highest BCUT2D eigenvalue weighted by atomic mass is 32.2. The van der Waals surface area contributed by atoms with Crippen LogP contribution in [0.3, 0.4) is 0 Å². The van der Waals surface area contributed by atoms with E-state index in [1.807, 2.05) is 0 Å². The predicted octanol–water partition coefficient (Wildman–Crippen LogP) is 1.39. The van der Waals surface area contributed by atoms with Crippen LogP contribution in [-0.4, -0.2) is 13.5 Å². The van der Waals surface area contributed by atoms with E-state index < -0.39 is 10.0 Å². The van der Waals surface area contributed by atoms with Gasteiger partial charge in [0.05, 0.1) is 4.90 Å². The van der Waals surface area contributed by atoms with Crippen LogP contribution in [0.2, 0.25) is 0 Å². The maximum atomic E-state index is 11.0. The average Bonchev–Trinajstić information content (AvgIpc) is 2.05. The van der Waals surface area contributed by atoms with Gasteiger partial charge in [-0.15, -0.1) is 0 Å². The number of aromatic hydroxyl groups is 1. The molecule has 1 aromatic carbocycles. The number of benzene rings is 1. The molecule has 0 heterocycles. The minimum Gasteiger partial charge on any atom is -0.508 e. The summed E-state index contributed by atoms with van der Waals surface area (Å²) in [4.78, 5) is 2.03. The molecule has 13 heavy (non-hydrogen) atoms. The fourth-order valence-corrected chi connectivity index (χ4v) is 1.38. The predicted molar refractivity (Wildman–Crippen MR) is 44.4 cm³/mol. The molecule has 0 radical (unpaired) electrons. The quantitative estimate of drug-likeness (QED) is 0.442. The fraction of sp³-hybridized carbons (Fsp3) is 0. The molecule has 68 valence electrons. The molecular formula is C6H5N3O3S. The van der Waals surface area contributed by atoms with Crippen molar-refractivity contribution in [2.45, 2.75) is 4.90 Å². The number of hydrogen-bond donors (Lipinski definition) is 1. The van der Waals surface area contributed by atoms with Gasteiger partial charge in [0, 0.05) is 9.43 Å². The molecule has 0 fully saturated rings. The van der Waals surface area contributed by atoms with Gasteiger partial charge in [-0.05, 0) is 29.8 Å². The highest BCUT2D eigenvalue weighted by molar-refractivity contribution is 7.90. The lowest BCUT2D eigenvalue weighted by Gasteiger charge is -1.95. The number of nitrogens with zero attached hydrogens (tertiary/aromatic N) is 3. The van der Waals surface area contributed by atoms with E-state index in [1.54, 1.807) is 0 Å². The molecule has 0 atom stereocenters. The van der Waals surface area contributed by atoms with Crippen LogP contribution in [0, 0.1) is 0 Å². The maximum Gasteiger partial charge on any atom is 0.264 e. The molecule has 0 aliphatic carbocycles. The van der Waals surface area contributed by atoms with Gasteiger partial charge >= 0.3 is 0 Å². The molecule has 0 aliphatic heterocycles. The summed E-state index contributed by atoms with van der Waals surface area (Å²) in [5, 5.41) is 8.85. The van der Waals surface area contributed by atoms with Crippen molar-refractivity contribution in [1.29, 1.82) is 0 Å². The molecule has 0 saturated carbocycles. The minimum absolute atomic E-state index is 0.0557. The van der Waals surface area contributed by atoms with Crippen LogP contribution in [0.1, 0.15) is 0 Å². The molecule has 0 saturated heterocycles. The highest BCUT2D eigenvalue weighted by Gasteiger charge is 2.10. The summed E-state index contributed by atoms with van der Waals surface area (Å²) in [6, 6.07) is 4.69. The van der Waals surface area contributed by atoms with Crippen molar-refractivity contribution in [1.82, 2.24) is 0 Å². The van der Waals surface area contributed by atoms with Crippen molar-refractivity contribution in [2.24, 2.45) is 4.52 Å².